The Morgan fingerprint density at radius 2 is 1.77 bits per heavy atom. The first-order valence-electron chi connectivity index (χ1n) is 11.0. The van der Waals surface area contributed by atoms with Gasteiger partial charge in [0.1, 0.15) is 11.3 Å². The van der Waals surface area contributed by atoms with Crippen LogP contribution in [0, 0.1) is 0 Å². The lowest BCUT2D eigenvalue weighted by Crippen LogP contribution is -2.09. The molecule has 0 aliphatic carbocycles. The number of nitrogens with one attached hydrogen (secondary N) is 1. The van der Waals surface area contributed by atoms with Gasteiger partial charge in [0.2, 0.25) is 5.91 Å². The topological polar surface area (TPSA) is 77.8 Å². The number of ether oxygens (including phenoxy) is 2. The van der Waals surface area contributed by atoms with Crippen molar-refractivity contribution in [3.8, 4) is 16.9 Å². The number of carbonyl (C=O) groups excluding carboxylic acids is 2. The van der Waals surface area contributed by atoms with Crippen LogP contribution < -0.4 is 10.1 Å². The normalized spacial score (nSPS) is 11.4. The van der Waals surface area contributed by atoms with Crippen LogP contribution in [0.5, 0.6) is 5.75 Å². The number of anilines is 1. The Kier molecular flexibility index (Phi) is 7.22. The highest BCUT2D eigenvalue weighted by Crippen LogP contribution is 2.37. The maximum Gasteiger partial charge on any atom is 0.337 e. The Balaban J connectivity index is 1.65. The van der Waals surface area contributed by atoms with E-state index in [-0.39, 0.29) is 5.91 Å². The highest BCUT2D eigenvalue weighted by atomic mass is 35.5. The van der Waals surface area contributed by atoms with E-state index >= 15 is 0 Å². The Bertz CT molecular complexity index is 1400. The van der Waals surface area contributed by atoms with Crippen LogP contribution in [-0.4, -0.2) is 25.6 Å². The fourth-order valence-corrected chi connectivity index (χ4v) is 3.88. The molecule has 4 rings (SSSR count). The summed E-state index contributed by atoms with van der Waals surface area (Å²) in [5.41, 5.74) is 5.05. The first-order valence-corrected chi connectivity index (χ1v) is 11.4. The third-order valence-electron chi connectivity index (χ3n) is 5.48. The van der Waals surface area contributed by atoms with E-state index in [0.29, 0.717) is 34.2 Å². The van der Waals surface area contributed by atoms with Crippen molar-refractivity contribution in [3.05, 3.63) is 89.2 Å². The number of amides is 1. The van der Waals surface area contributed by atoms with Crippen LogP contribution in [0.3, 0.4) is 0 Å². The lowest BCUT2D eigenvalue weighted by molar-refractivity contribution is -0.111. The molecule has 6 nitrogen and oxygen atoms in total. The number of halogens is 1. The van der Waals surface area contributed by atoms with E-state index in [1.165, 1.54) is 13.2 Å². The van der Waals surface area contributed by atoms with Gasteiger partial charge in [0.05, 0.1) is 25.5 Å². The van der Waals surface area contributed by atoms with Gasteiger partial charge in [0, 0.05) is 39.4 Å². The maximum absolute atomic E-state index is 12.7. The van der Waals surface area contributed by atoms with Crippen molar-refractivity contribution < 1.29 is 23.5 Å². The summed E-state index contributed by atoms with van der Waals surface area (Å²) in [4.78, 5) is 24.3. The van der Waals surface area contributed by atoms with Gasteiger partial charge in [-0.25, -0.2) is 4.79 Å². The molecule has 0 aliphatic rings. The first-order chi connectivity index (χ1) is 16.9. The van der Waals surface area contributed by atoms with E-state index in [0.717, 1.165) is 27.6 Å². The van der Waals surface area contributed by atoms with E-state index < -0.39 is 5.97 Å². The first kappa shape index (κ1) is 24.1. The number of benzene rings is 3. The largest absolute Gasteiger partial charge is 0.493 e. The molecule has 0 spiro atoms. The van der Waals surface area contributed by atoms with Crippen molar-refractivity contribution in [1.82, 2.24) is 0 Å². The van der Waals surface area contributed by atoms with Crippen LogP contribution in [0.25, 0.3) is 27.7 Å². The molecule has 35 heavy (non-hydrogen) atoms. The molecule has 0 radical (unpaired) electrons. The smallest absolute Gasteiger partial charge is 0.337 e. The zero-order chi connectivity index (χ0) is 24.9. The predicted octanol–water partition coefficient (Wildman–Crippen LogP) is 6.98. The van der Waals surface area contributed by atoms with E-state index in [2.05, 4.69) is 5.32 Å². The Labute approximate surface area is 208 Å². The predicted molar refractivity (Wildman–Crippen MR) is 138 cm³/mol. The second-order valence-electron chi connectivity index (χ2n) is 7.82. The number of rotatable bonds is 7. The Morgan fingerprint density at radius 1 is 1.06 bits per heavy atom. The summed E-state index contributed by atoms with van der Waals surface area (Å²) in [5, 5.41) is 4.37. The standard InChI is InChI=1S/C28H24ClNO5/c1-4-34-25-15-26-23(24(16-35-26)18-5-9-20(29)10-6-18)14-22(25)17(2)13-27(31)30-21-11-7-19(8-12-21)28(32)33-3/h5-16H,4H2,1-3H3,(H,30,31)/b17-13+. The van der Waals surface area contributed by atoms with Crippen LogP contribution in [0.2, 0.25) is 5.02 Å². The van der Waals surface area contributed by atoms with Gasteiger partial charge in [-0.1, -0.05) is 23.7 Å². The minimum atomic E-state index is -0.435. The molecule has 0 aliphatic heterocycles. The molecule has 1 N–H and O–H groups in total. The average molecular weight is 490 g/mol. The summed E-state index contributed by atoms with van der Waals surface area (Å²) in [6, 6.07) is 17.8. The highest BCUT2D eigenvalue weighted by Gasteiger charge is 2.15. The zero-order valence-electron chi connectivity index (χ0n) is 19.6. The van der Waals surface area contributed by atoms with Gasteiger partial charge >= 0.3 is 5.97 Å². The molecule has 0 saturated heterocycles. The lowest BCUT2D eigenvalue weighted by Gasteiger charge is -2.12. The van der Waals surface area contributed by atoms with Gasteiger partial charge in [-0.3, -0.25) is 4.79 Å². The van der Waals surface area contributed by atoms with Crippen molar-refractivity contribution >= 4 is 45.7 Å². The second-order valence-corrected chi connectivity index (χ2v) is 8.26. The third-order valence-corrected chi connectivity index (χ3v) is 5.73. The zero-order valence-corrected chi connectivity index (χ0v) is 20.3. The molecule has 0 atom stereocenters. The number of furan rings is 1. The van der Waals surface area contributed by atoms with E-state index in [1.807, 2.05) is 50.2 Å². The minimum Gasteiger partial charge on any atom is -0.493 e. The Hall–Kier alpha value is -4.03. The SMILES string of the molecule is CCOc1cc2occ(-c3ccc(Cl)cc3)c2cc1/C(C)=C/C(=O)Nc1ccc(C(=O)OC)cc1. The Morgan fingerprint density at radius 3 is 2.43 bits per heavy atom. The summed E-state index contributed by atoms with van der Waals surface area (Å²) < 4.78 is 16.4. The number of hydrogen-bond acceptors (Lipinski definition) is 5. The fourth-order valence-electron chi connectivity index (χ4n) is 3.75. The average Bonchev–Trinajstić information content (AvgIpc) is 3.27. The van der Waals surface area contributed by atoms with Crippen LogP contribution >= 0.6 is 11.6 Å². The maximum atomic E-state index is 12.7. The molecule has 4 aromatic rings. The monoisotopic (exact) mass is 489 g/mol. The van der Waals surface area contributed by atoms with Crippen molar-refractivity contribution in [2.45, 2.75) is 13.8 Å². The summed E-state index contributed by atoms with van der Waals surface area (Å²) in [6.07, 6.45) is 3.22. The lowest BCUT2D eigenvalue weighted by atomic mass is 9.99. The van der Waals surface area contributed by atoms with Crippen LogP contribution in [0.15, 0.2) is 77.4 Å². The molecular formula is C28H24ClNO5. The minimum absolute atomic E-state index is 0.305. The summed E-state index contributed by atoms with van der Waals surface area (Å²) in [5.74, 6) is -0.114. The molecule has 7 heteroatoms. The van der Waals surface area contributed by atoms with E-state index in [9.17, 15) is 9.59 Å². The number of hydrogen-bond donors (Lipinski definition) is 1. The van der Waals surface area contributed by atoms with Crippen LogP contribution in [-0.2, 0) is 9.53 Å². The molecule has 178 valence electrons. The van der Waals surface area contributed by atoms with Gasteiger partial charge in [0.15, 0.2) is 0 Å². The number of esters is 1. The molecule has 0 unspecified atom stereocenters. The number of carbonyl (C=O) groups is 2. The van der Waals surface area contributed by atoms with Gasteiger partial charge in [-0.05, 0) is 67.4 Å². The fraction of sp³-hybridized carbons (Fsp3) is 0.143. The molecule has 3 aromatic carbocycles. The van der Waals surface area contributed by atoms with E-state index in [4.69, 9.17) is 25.5 Å². The summed E-state index contributed by atoms with van der Waals surface area (Å²) in [6.45, 7) is 4.22. The van der Waals surface area contributed by atoms with Crippen molar-refractivity contribution in [1.29, 1.82) is 0 Å². The van der Waals surface area contributed by atoms with Gasteiger partial charge < -0.3 is 19.2 Å². The van der Waals surface area contributed by atoms with Crippen molar-refractivity contribution in [3.63, 3.8) is 0 Å². The molecule has 0 saturated carbocycles. The molecule has 1 aromatic heterocycles. The quantitative estimate of drug-likeness (QED) is 0.224. The highest BCUT2D eigenvalue weighted by molar-refractivity contribution is 6.30. The van der Waals surface area contributed by atoms with Crippen molar-refractivity contribution in [2.75, 3.05) is 19.0 Å². The molecule has 0 bridgehead atoms. The molecule has 1 amide bonds. The van der Waals surface area contributed by atoms with E-state index in [1.54, 1.807) is 30.5 Å². The molecule has 0 fully saturated rings. The third kappa shape index (κ3) is 5.39. The molecule has 1 heterocycles. The number of methoxy groups -OCH3 is 1. The number of allylic oxidation sites excluding steroid dienone is 1. The summed E-state index contributed by atoms with van der Waals surface area (Å²) >= 11 is 6.04. The van der Waals surface area contributed by atoms with Crippen LogP contribution in [0.4, 0.5) is 5.69 Å². The second kappa shape index (κ2) is 10.5. The van der Waals surface area contributed by atoms with Gasteiger partial charge in [-0.15, -0.1) is 0 Å². The number of fused-ring (bicyclic) bond motifs is 1. The van der Waals surface area contributed by atoms with Gasteiger partial charge in [-0.2, -0.15) is 0 Å². The van der Waals surface area contributed by atoms with Crippen molar-refractivity contribution in [2.24, 2.45) is 0 Å². The van der Waals surface area contributed by atoms with Gasteiger partial charge in [0.25, 0.3) is 0 Å². The van der Waals surface area contributed by atoms with Crippen LogP contribution in [0.1, 0.15) is 29.8 Å². The molecular weight excluding hydrogens is 466 g/mol. The summed E-state index contributed by atoms with van der Waals surface area (Å²) in [7, 11) is 1.32.